The summed E-state index contributed by atoms with van der Waals surface area (Å²) in [4.78, 5) is 23.0. The number of thioether (sulfide) groups is 2. The van der Waals surface area contributed by atoms with Crippen molar-refractivity contribution < 1.29 is 14.0 Å². The Labute approximate surface area is 142 Å². The molecule has 0 fully saturated rings. The average molecular weight is 352 g/mol. The Hall–Kier alpha value is -2.00. The molecule has 122 valence electrons. The maximum absolute atomic E-state index is 11.9. The molecule has 2 aromatic rings. The minimum atomic E-state index is -0.195. The van der Waals surface area contributed by atoms with Gasteiger partial charge in [-0.1, -0.05) is 17.8 Å². The van der Waals surface area contributed by atoms with E-state index in [1.165, 1.54) is 18.7 Å². The first-order valence-electron chi connectivity index (χ1n) is 6.68. The van der Waals surface area contributed by atoms with Gasteiger partial charge < -0.3 is 15.1 Å². The molecule has 0 unspecified atom stereocenters. The lowest BCUT2D eigenvalue weighted by atomic mass is 10.2. The van der Waals surface area contributed by atoms with Gasteiger partial charge in [0, 0.05) is 18.3 Å². The van der Waals surface area contributed by atoms with E-state index in [1.54, 1.807) is 36.0 Å². The number of aromatic nitrogens is 2. The molecule has 0 aliphatic heterocycles. The number of anilines is 2. The highest BCUT2D eigenvalue weighted by atomic mass is 32.2. The van der Waals surface area contributed by atoms with Crippen molar-refractivity contribution in [2.45, 2.75) is 17.9 Å². The van der Waals surface area contributed by atoms with E-state index in [1.807, 2.05) is 6.26 Å². The van der Waals surface area contributed by atoms with Crippen LogP contribution in [0.3, 0.4) is 0 Å². The number of carbonyl (C=O) groups is 2. The third-order valence-electron chi connectivity index (χ3n) is 2.51. The summed E-state index contributed by atoms with van der Waals surface area (Å²) in [5.41, 5.74) is 1.23. The van der Waals surface area contributed by atoms with Gasteiger partial charge in [-0.25, -0.2) is 0 Å². The number of carbonyl (C=O) groups excluding carboxylic acids is 2. The molecule has 1 heterocycles. The number of nitrogens with one attached hydrogen (secondary N) is 2. The molecule has 0 radical (unpaired) electrons. The van der Waals surface area contributed by atoms with Crippen molar-refractivity contribution >= 4 is 46.7 Å². The summed E-state index contributed by atoms with van der Waals surface area (Å²) in [6.07, 6.45) is 1.94. The fourth-order valence-corrected chi connectivity index (χ4v) is 2.62. The summed E-state index contributed by atoms with van der Waals surface area (Å²) in [6, 6.07) is 6.93. The normalized spacial score (nSPS) is 10.3. The molecule has 0 spiro atoms. The molecule has 0 aliphatic rings. The first kappa shape index (κ1) is 17.4. The Balaban J connectivity index is 1.85. The zero-order valence-electron chi connectivity index (χ0n) is 12.7. The van der Waals surface area contributed by atoms with Crippen molar-refractivity contribution in [1.82, 2.24) is 10.2 Å². The quantitative estimate of drug-likeness (QED) is 0.739. The number of amides is 2. The van der Waals surface area contributed by atoms with E-state index in [9.17, 15) is 9.59 Å². The van der Waals surface area contributed by atoms with Gasteiger partial charge in [0.25, 0.3) is 5.22 Å². The van der Waals surface area contributed by atoms with Crippen molar-refractivity contribution in [1.29, 1.82) is 0 Å². The van der Waals surface area contributed by atoms with Crippen molar-refractivity contribution in [2.75, 3.05) is 22.6 Å². The molecule has 0 bridgehead atoms. The first-order valence-corrected chi connectivity index (χ1v) is 9.06. The van der Waals surface area contributed by atoms with Gasteiger partial charge in [0.05, 0.1) is 11.5 Å². The molecule has 1 aromatic heterocycles. The van der Waals surface area contributed by atoms with E-state index in [0.29, 0.717) is 28.2 Å². The van der Waals surface area contributed by atoms with Crippen LogP contribution in [0, 0.1) is 0 Å². The third kappa shape index (κ3) is 5.95. The van der Waals surface area contributed by atoms with E-state index in [0.717, 1.165) is 0 Å². The summed E-state index contributed by atoms with van der Waals surface area (Å²) < 4.78 is 5.38. The lowest BCUT2D eigenvalue weighted by Gasteiger charge is -2.07. The number of benzene rings is 1. The molecule has 2 amide bonds. The molecule has 0 saturated heterocycles. The Bertz CT molecular complexity index is 690. The first-order chi connectivity index (χ1) is 11.1. The second kappa shape index (κ2) is 8.59. The maximum Gasteiger partial charge on any atom is 0.277 e. The van der Waals surface area contributed by atoms with Crippen LogP contribution in [0.2, 0.25) is 0 Å². The highest BCUT2D eigenvalue weighted by Crippen LogP contribution is 2.19. The molecule has 0 atom stereocenters. The van der Waals surface area contributed by atoms with Crippen LogP contribution >= 0.6 is 23.5 Å². The lowest BCUT2D eigenvalue weighted by molar-refractivity contribution is -0.114. The van der Waals surface area contributed by atoms with E-state index in [4.69, 9.17) is 4.42 Å². The summed E-state index contributed by atoms with van der Waals surface area (Å²) in [6.45, 7) is 1.43. The van der Waals surface area contributed by atoms with Crippen molar-refractivity contribution in [2.24, 2.45) is 0 Å². The van der Waals surface area contributed by atoms with Gasteiger partial charge in [-0.05, 0) is 24.5 Å². The zero-order valence-corrected chi connectivity index (χ0v) is 14.3. The molecule has 0 aliphatic carbocycles. The molecule has 23 heavy (non-hydrogen) atoms. The summed E-state index contributed by atoms with van der Waals surface area (Å²) >= 11 is 2.76. The fourth-order valence-electron chi connectivity index (χ4n) is 1.68. The molecule has 2 rings (SSSR count). The van der Waals surface area contributed by atoms with Gasteiger partial charge in [0.2, 0.25) is 17.7 Å². The van der Waals surface area contributed by atoms with Crippen LogP contribution in [-0.2, 0) is 15.3 Å². The number of hydrogen-bond donors (Lipinski definition) is 2. The molecule has 0 saturated carbocycles. The molecule has 9 heteroatoms. The fraction of sp³-hybridized carbons (Fsp3) is 0.286. The predicted molar refractivity (Wildman–Crippen MR) is 91.6 cm³/mol. The third-order valence-corrected chi connectivity index (χ3v) is 3.86. The highest BCUT2D eigenvalue weighted by Gasteiger charge is 2.10. The van der Waals surface area contributed by atoms with Gasteiger partial charge in [0.15, 0.2) is 0 Å². The van der Waals surface area contributed by atoms with Gasteiger partial charge in [0.1, 0.15) is 0 Å². The van der Waals surface area contributed by atoms with Gasteiger partial charge in [-0.3, -0.25) is 9.59 Å². The van der Waals surface area contributed by atoms with Gasteiger partial charge >= 0.3 is 0 Å². The minimum absolute atomic E-state index is 0.158. The van der Waals surface area contributed by atoms with Crippen LogP contribution in [0.4, 0.5) is 11.4 Å². The standard InChI is InChI=1S/C14H16N4O3S2/c1-9(19)15-10-4-3-5-11(6-10)16-12(20)7-23-14-18-17-13(21-14)8-22-2/h3-6H,7-8H2,1-2H3,(H,15,19)(H,16,20). The van der Waals surface area contributed by atoms with Crippen LogP contribution in [0.5, 0.6) is 0 Å². The maximum atomic E-state index is 11.9. The SMILES string of the molecule is CSCc1nnc(SCC(=O)Nc2cccc(NC(C)=O)c2)o1. The Morgan fingerprint density at radius 3 is 2.65 bits per heavy atom. The van der Waals surface area contributed by atoms with Crippen molar-refractivity contribution in [3.63, 3.8) is 0 Å². The van der Waals surface area contributed by atoms with Crippen LogP contribution in [-0.4, -0.2) is 34.0 Å². The molecular formula is C14H16N4O3S2. The van der Waals surface area contributed by atoms with E-state index >= 15 is 0 Å². The van der Waals surface area contributed by atoms with Crippen LogP contribution < -0.4 is 10.6 Å². The van der Waals surface area contributed by atoms with Crippen LogP contribution in [0.1, 0.15) is 12.8 Å². The molecular weight excluding hydrogens is 336 g/mol. The smallest absolute Gasteiger partial charge is 0.277 e. The van der Waals surface area contributed by atoms with E-state index in [-0.39, 0.29) is 17.6 Å². The second-order valence-electron chi connectivity index (χ2n) is 4.49. The van der Waals surface area contributed by atoms with Crippen molar-refractivity contribution in [3.8, 4) is 0 Å². The number of rotatable bonds is 7. The van der Waals surface area contributed by atoms with E-state index < -0.39 is 0 Å². The highest BCUT2D eigenvalue weighted by molar-refractivity contribution is 7.99. The van der Waals surface area contributed by atoms with Crippen molar-refractivity contribution in [3.05, 3.63) is 30.2 Å². The monoisotopic (exact) mass is 352 g/mol. The number of hydrogen-bond acceptors (Lipinski definition) is 7. The summed E-state index contributed by atoms with van der Waals surface area (Å²) in [5, 5.41) is 13.5. The second-order valence-corrected chi connectivity index (χ2v) is 6.29. The van der Waals surface area contributed by atoms with E-state index in [2.05, 4.69) is 20.8 Å². The largest absolute Gasteiger partial charge is 0.415 e. The van der Waals surface area contributed by atoms with Crippen LogP contribution in [0.15, 0.2) is 33.9 Å². The Morgan fingerprint density at radius 1 is 1.22 bits per heavy atom. The Morgan fingerprint density at radius 2 is 1.96 bits per heavy atom. The topological polar surface area (TPSA) is 97.1 Å². The van der Waals surface area contributed by atoms with Crippen LogP contribution in [0.25, 0.3) is 0 Å². The summed E-state index contributed by atoms with van der Waals surface area (Å²) in [5.74, 6) is 0.991. The minimum Gasteiger partial charge on any atom is -0.415 e. The molecule has 7 nitrogen and oxygen atoms in total. The molecule has 2 N–H and O–H groups in total. The zero-order chi connectivity index (χ0) is 16.7. The molecule has 1 aromatic carbocycles. The lowest BCUT2D eigenvalue weighted by Crippen LogP contribution is -2.14. The van der Waals surface area contributed by atoms with Gasteiger partial charge in [-0.15, -0.1) is 10.2 Å². The summed E-state index contributed by atoms with van der Waals surface area (Å²) in [7, 11) is 0. The van der Waals surface area contributed by atoms with Gasteiger partial charge in [-0.2, -0.15) is 11.8 Å². The average Bonchev–Trinajstić information content (AvgIpc) is 2.93. The Kier molecular flexibility index (Phi) is 6.48. The number of nitrogens with zero attached hydrogens (tertiary/aromatic N) is 2. The predicted octanol–water partition coefficient (Wildman–Crippen LogP) is 2.62.